The van der Waals surface area contributed by atoms with Crippen LogP contribution in [0.1, 0.15) is 47.2 Å². The van der Waals surface area contributed by atoms with Crippen LogP contribution in [-0.4, -0.2) is 0 Å². The molecule has 0 saturated carbocycles. The number of fused-ring (bicyclic) bond motifs is 11. The minimum Gasteiger partial charge on any atom is -0.308 e. The maximum absolute atomic E-state index is 2.62. The molecular weight excluding hydrogens is 719 g/mol. The Labute approximate surface area is 343 Å². The lowest BCUT2D eigenvalue weighted by Crippen LogP contribution is -2.28. The van der Waals surface area contributed by atoms with Gasteiger partial charge in [-0.05, 0) is 73.5 Å². The van der Waals surface area contributed by atoms with E-state index in [9.17, 15) is 0 Å². The van der Waals surface area contributed by atoms with Gasteiger partial charge in [0.05, 0.1) is 27.2 Å². The highest BCUT2D eigenvalue weighted by atomic mass is 32.1. The van der Waals surface area contributed by atoms with Crippen LogP contribution in [-0.2, 0) is 10.8 Å². The SMILES string of the molecule is CC1(C)c2ccccc2-c2c(N(c3cccc4c3-c3ccccc3C4(c3ccccc3)c3ccccc3)c3cccc4c3sc3c5ccccc5ccc43)cccc21. The summed E-state index contributed by atoms with van der Waals surface area (Å²) in [5, 5.41) is 5.17. The van der Waals surface area contributed by atoms with Crippen molar-refractivity contribution in [2.24, 2.45) is 0 Å². The van der Waals surface area contributed by atoms with Gasteiger partial charge in [0.25, 0.3) is 0 Å². The van der Waals surface area contributed by atoms with Crippen LogP contribution in [0.5, 0.6) is 0 Å². The van der Waals surface area contributed by atoms with E-state index in [4.69, 9.17) is 0 Å². The van der Waals surface area contributed by atoms with Gasteiger partial charge in [0.15, 0.2) is 0 Å². The minimum absolute atomic E-state index is 0.142. The van der Waals surface area contributed by atoms with E-state index in [-0.39, 0.29) is 5.41 Å². The van der Waals surface area contributed by atoms with Crippen LogP contribution in [0.15, 0.2) is 200 Å². The number of benzene rings is 9. The number of rotatable bonds is 5. The van der Waals surface area contributed by atoms with Gasteiger partial charge >= 0.3 is 0 Å². The quantitative estimate of drug-likeness (QED) is 0.169. The van der Waals surface area contributed by atoms with Crippen molar-refractivity contribution < 1.29 is 0 Å². The molecule has 1 nitrogen and oxygen atoms in total. The molecule has 0 atom stereocenters. The van der Waals surface area contributed by atoms with E-state index in [0.29, 0.717) is 0 Å². The van der Waals surface area contributed by atoms with Crippen molar-refractivity contribution in [1.82, 2.24) is 0 Å². The zero-order chi connectivity index (χ0) is 38.6. The first-order valence-electron chi connectivity index (χ1n) is 20.3. The molecule has 12 rings (SSSR count). The first-order valence-corrected chi connectivity index (χ1v) is 21.1. The lowest BCUT2D eigenvalue weighted by atomic mass is 9.68. The van der Waals surface area contributed by atoms with Crippen molar-refractivity contribution in [2.45, 2.75) is 24.7 Å². The predicted molar refractivity (Wildman–Crippen MR) is 246 cm³/mol. The van der Waals surface area contributed by atoms with Crippen LogP contribution >= 0.6 is 11.3 Å². The number of thiophene rings is 1. The number of anilines is 3. The fourth-order valence-electron chi connectivity index (χ4n) is 10.7. The molecule has 0 amide bonds. The Hall–Kier alpha value is -6.74. The molecule has 0 radical (unpaired) electrons. The van der Waals surface area contributed by atoms with Crippen LogP contribution in [0.3, 0.4) is 0 Å². The summed E-state index contributed by atoms with van der Waals surface area (Å²) >= 11 is 1.92. The van der Waals surface area contributed by atoms with Crippen molar-refractivity contribution in [3.8, 4) is 22.3 Å². The molecule has 1 aromatic heterocycles. The van der Waals surface area contributed by atoms with Crippen molar-refractivity contribution in [3.63, 3.8) is 0 Å². The number of hydrogen-bond donors (Lipinski definition) is 0. The van der Waals surface area contributed by atoms with Gasteiger partial charge in [-0.25, -0.2) is 0 Å². The largest absolute Gasteiger partial charge is 0.308 e. The first-order chi connectivity index (χ1) is 28.6. The summed E-state index contributed by atoms with van der Waals surface area (Å²) in [5.74, 6) is 0. The van der Waals surface area contributed by atoms with E-state index >= 15 is 0 Å². The molecular formula is C56H39NS. The maximum Gasteiger partial charge on any atom is 0.0714 e. The normalized spacial score (nSPS) is 14.3. The van der Waals surface area contributed by atoms with Crippen molar-refractivity contribution in [3.05, 3.63) is 234 Å². The average Bonchev–Trinajstić information content (AvgIpc) is 3.90. The summed E-state index contributed by atoms with van der Waals surface area (Å²) in [4.78, 5) is 2.62. The molecule has 2 aliphatic carbocycles. The standard InChI is InChI=1S/C56H39NS/c1-55(2)44-27-13-11-24-42(44)51-46(55)29-16-31-48(51)57(50-33-15-26-40-41-35-34-36-18-9-10-23-39(36)53(41)58-54(40)50)49-32-17-30-47-52(49)43-25-12-14-28-45(43)56(47,37-19-5-3-6-20-37)38-21-7-4-8-22-38/h3-35H,1-2H3. The molecule has 0 unspecified atom stereocenters. The second kappa shape index (κ2) is 12.4. The Morgan fingerprint density at radius 1 is 0.362 bits per heavy atom. The molecule has 0 aliphatic heterocycles. The zero-order valence-corrected chi connectivity index (χ0v) is 33.2. The molecule has 10 aromatic rings. The highest BCUT2D eigenvalue weighted by Gasteiger charge is 2.48. The van der Waals surface area contributed by atoms with Gasteiger partial charge in [-0.2, -0.15) is 0 Å². The Balaban J connectivity index is 1.23. The summed E-state index contributed by atoms with van der Waals surface area (Å²) in [6.07, 6.45) is 0. The zero-order valence-electron chi connectivity index (χ0n) is 32.4. The molecule has 9 aromatic carbocycles. The molecule has 274 valence electrons. The van der Waals surface area contributed by atoms with Crippen molar-refractivity contribution in [2.75, 3.05) is 4.90 Å². The smallest absolute Gasteiger partial charge is 0.0714 e. The second-order valence-electron chi connectivity index (χ2n) is 16.4. The topological polar surface area (TPSA) is 3.24 Å². The van der Waals surface area contributed by atoms with Crippen LogP contribution in [0.2, 0.25) is 0 Å². The van der Waals surface area contributed by atoms with Gasteiger partial charge in [-0.1, -0.05) is 196 Å². The van der Waals surface area contributed by atoms with Crippen molar-refractivity contribution >= 4 is 59.3 Å². The fourth-order valence-corrected chi connectivity index (χ4v) is 12.0. The average molecular weight is 758 g/mol. The van der Waals surface area contributed by atoms with Gasteiger partial charge < -0.3 is 4.90 Å². The lowest BCUT2D eigenvalue weighted by Gasteiger charge is -2.35. The van der Waals surface area contributed by atoms with Gasteiger partial charge in [0, 0.05) is 32.0 Å². The third kappa shape index (κ3) is 4.41. The Morgan fingerprint density at radius 3 is 1.59 bits per heavy atom. The van der Waals surface area contributed by atoms with E-state index in [1.807, 2.05) is 11.3 Å². The third-order valence-corrected chi connectivity index (χ3v) is 14.4. The van der Waals surface area contributed by atoms with Crippen LogP contribution in [0.25, 0.3) is 53.2 Å². The van der Waals surface area contributed by atoms with Crippen molar-refractivity contribution in [1.29, 1.82) is 0 Å². The number of hydrogen-bond acceptors (Lipinski definition) is 2. The molecule has 2 aliphatic rings. The highest BCUT2D eigenvalue weighted by Crippen LogP contribution is 2.62. The van der Waals surface area contributed by atoms with E-state index in [1.165, 1.54) is 104 Å². The Morgan fingerprint density at radius 2 is 0.862 bits per heavy atom. The van der Waals surface area contributed by atoms with E-state index in [0.717, 1.165) is 0 Å². The Kier molecular flexibility index (Phi) is 7.13. The second-order valence-corrected chi connectivity index (χ2v) is 17.4. The predicted octanol–water partition coefficient (Wildman–Crippen LogP) is 15.3. The molecule has 0 saturated heterocycles. The van der Waals surface area contributed by atoms with Crippen LogP contribution in [0.4, 0.5) is 17.1 Å². The number of nitrogens with zero attached hydrogens (tertiary/aromatic N) is 1. The summed E-state index contributed by atoms with van der Waals surface area (Å²) in [6, 6.07) is 74.9. The summed E-state index contributed by atoms with van der Waals surface area (Å²) in [7, 11) is 0. The van der Waals surface area contributed by atoms with E-state index in [2.05, 4.69) is 219 Å². The molecule has 0 fully saturated rings. The fraction of sp³-hybridized carbons (Fsp3) is 0.0714. The summed E-state index contributed by atoms with van der Waals surface area (Å²) in [6.45, 7) is 4.77. The third-order valence-electron chi connectivity index (χ3n) is 13.1. The lowest BCUT2D eigenvalue weighted by molar-refractivity contribution is 0.660. The van der Waals surface area contributed by atoms with Gasteiger partial charge in [0.1, 0.15) is 0 Å². The van der Waals surface area contributed by atoms with Crippen LogP contribution < -0.4 is 4.90 Å². The molecule has 1 heterocycles. The monoisotopic (exact) mass is 757 g/mol. The molecule has 0 N–H and O–H groups in total. The maximum atomic E-state index is 2.62. The Bertz CT molecular complexity index is 3220. The van der Waals surface area contributed by atoms with Gasteiger partial charge in [-0.3, -0.25) is 0 Å². The minimum atomic E-state index is -0.508. The van der Waals surface area contributed by atoms with Gasteiger partial charge in [-0.15, -0.1) is 11.3 Å². The van der Waals surface area contributed by atoms with Gasteiger partial charge in [0.2, 0.25) is 0 Å². The molecule has 0 spiro atoms. The molecule has 0 bridgehead atoms. The summed E-state index contributed by atoms with van der Waals surface area (Å²) < 4.78 is 2.62. The van der Waals surface area contributed by atoms with E-state index < -0.39 is 5.41 Å². The van der Waals surface area contributed by atoms with Crippen LogP contribution in [0, 0.1) is 0 Å². The van der Waals surface area contributed by atoms with E-state index in [1.54, 1.807) is 0 Å². The first kappa shape index (κ1) is 33.4. The molecule has 2 heteroatoms. The summed E-state index contributed by atoms with van der Waals surface area (Å²) in [5.41, 5.74) is 16.0. The highest BCUT2D eigenvalue weighted by molar-refractivity contribution is 7.27. The molecule has 58 heavy (non-hydrogen) atoms.